The lowest BCUT2D eigenvalue weighted by Crippen LogP contribution is -2.11. The van der Waals surface area contributed by atoms with Crippen LogP contribution in [0, 0.1) is 0 Å². The van der Waals surface area contributed by atoms with Gasteiger partial charge in [0, 0.05) is 30.7 Å². The minimum atomic E-state index is -0.220. The molecular weight excluding hydrogens is 348 g/mol. The van der Waals surface area contributed by atoms with Gasteiger partial charge in [-0.3, -0.25) is 15.1 Å². The Kier molecular flexibility index (Phi) is 4.48. The Labute approximate surface area is 153 Å². The molecule has 3 heterocycles. The summed E-state index contributed by atoms with van der Waals surface area (Å²) in [6.07, 6.45) is 7.09. The van der Waals surface area contributed by atoms with E-state index in [0.717, 1.165) is 11.3 Å². The molecule has 1 N–H and O–H groups in total. The smallest absolute Gasteiger partial charge is 0.257 e. The molecule has 26 heavy (non-hydrogen) atoms. The SMILES string of the molecule is O=C(Nc1nnc(-c2ccccn2)s1)c1ccc(Cn2ccnc2)cc1. The molecule has 4 aromatic rings. The molecule has 7 nitrogen and oxygen atoms in total. The molecule has 0 atom stereocenters. The van der Waals surface area contributed by atoms with Crippen molar-refractivity contribution in [2.75, 3.05) is 5.32 Å². The number of hydrogen-bond acceptors (Lipinski definition) is 6. The van der Waals surface area contributed by atoms with E-state index in [4.69, 9.17) is 0 Å². The zero-order valence-corrected chi connectivity index (χ0v) is 14.4. The maximum atomic E-state index is 12.4. The van der Waals surface area contributed by atoms with Gasteiger partial charge in [0.1, 0.15) is 5.69 Å². The topological polar surface area (TPSA) is 85.6 Å². The number of carbonyl (C=O) groups is 1. The monoisotopic (exact) mass is 362 g/mol. The van der Waals surface area contributed by atoms with Crippen LogP contribution in [0.15, 0.2) is 67.4 Å². The summed E-state index contributed by atoms with van der Waals surface area (Å²) in [5, 5.41) is 12.0. The third-order valence-corrected chi connectivity index (χ3v) is 4.53. The Bertz CT molecular complexity index is 996. The Morgan fingerprint density at radius 2 is 1.96 bits per heavy atom. The largest absolute Gasteiger partial charge is 0.333 e. The number of rotatable bonds is 5. The number of anilines is 1. The van der Waals surface area contributed by atoms with Gasteiger partial charge >= 0.3 is 0 Å². The fourth-order valence-corrected chi connectivity index (χ4v) is 3.10. The fourth-order valence-electron chi connectivity index (χ4n) is 2.39. The lowest BCUT2D eigenvalue weighted by molar-refractivity contribution is 0.102. The van der Waals surface area contributed by atoms with E-state index in [9.17, 15) is 4.79 Å². The molecule has 0 unspecified atom stereocenters. The molecular formula is C18H14N6OS. The van der Waals surface area contributed by atoms with E-state index in [-0.39, 0.29) is 5.91 Å². The highest BCUT2D eigenvalue weighted by Crippen LogP contribution is 2.24. The van der Waals surface area contributed by atoms with Gasteiger partial charge in [0.25, 0.3) is 5.91 Å². The Morgan fingerprint density at radius 3 is 2.69 bits per heavy atom. The second-order valence-corrected chi connectivity index (χ2v) is 6.49. The molecule has 1 amide bonds. The van der Waals surface area contributed by atoms with Crippen LogP contribution in [0.5, 0.6) is 0 Å². The standard InChI is InChI=1S/C18H14N6OS/c25-16(14-6-4-13(5-7-14)11-24-10-9-19-12-24)21-18-23-22-17(26-18)15-3-1-2-8-20-15/h1-10,12H,11H2,(H,21,23,25). The minimum absolute atomic E-state index is 0.220. The van der Waals surface area contributed by atoms with Crippen molar-refractivity contribution in [3.63, 3.8) is 0 Å². The second kappa shape index (κ2) is 7.24. The average molecular weight is 362 g/mol. The fraction of sp³-hybridized carbons (Fsp3) is 0.0556. The predicted molar refractivity (Wildman–Crippen MR) is 98.9 cm³/mol. The van der Waals surface area contributed by atoms with E-state index in [1.807, 2.05) is 41.1 Å². The van der Waals surface area contributed by atoms with Crippen molar-refractivity contribution in [1.29, 1.82) is 0 Å². The first-order valence-electron chi connectivity index (χ1n) is 7.89. The van der Waals surface area contributed by atoms with E-state index in [1.165, 1.54) is 11.3 Å². The molecule has 1 aromatic carbocycles. The van der Waals surface area contributed by atoms with Crippen LogP contribution >= 0.6 is 11.3 Å². The number of benzene rings is 1. The van der Waals surface area contributed by atoms with Crippen LogP contribution in [0.2, 0.25) is 0 Å². The van der Waals surface area contributed by atoms with E-state index in [2.05, 4.69) is 25.5 Å². The van der Waals surface area contributed by atoms with Crippen molar-refractivity contribution >= 4 is 22.4 Å². The van der Waals surface area contributed by atoms with E-state index in [0.29, 0.717) is 22.2 Å². The summed E-state index contributed by atoms with van der Waals surface area (Å²) in [5.74, 6) is -0.220. The third kappa shape index (κ3) is 3.65. The van der Waals surface area contributed by atoms with Crippen LogP contribution in [0.1, 0.15) is 15.9 Å². The number of hydrogen-bond donors (Lipinski definition) is 1. The van der Waals surface area contributed by atoms with Crippen molar-refractivity contribution in [2.45, 2.75) is 6.54 Å². The Hall–Kier alpha value is -3.39. The zero-order chi connectivity index (χ0) is 17.8. The second-order valence-electron chi connectivity index (χ2n) is 5.51. The first-order valence-corrected chi connectivity index (χ1v) is 8.70. The summed E-state index contributed by atoms with van der Waals surface area (Å²) < 4.78 is 1.97. The van der Waals surface area contributed by atoms with Gasteiger partial charge < -0.3 is 4.57 Å². The highest BCUT2D eigenvalue weighted by molar-refractivity contribution is 7.18. The van der Waals surface area contributed by atoms with Gasteiger partial charge in [-0.1, -0.05) is 29.5 Å². The lowest BCUT2D eigenvalue weighted by Gasteiger charge is -2.05. The number of imidazole rings is 1. The molecule has 8 heteroatoms. The first-order chi connectivity index (χ1) is 12.8. The van der Waals surface area contributed by atoms with Crippen LogP contribution in [-0.2, 0) is 6.54 Å². The summed E-state index contributed by atoms with van der Waals surface area (Å²) in [4.78, 5) is 20.6. The van der Waals surface area contributed by atoms with Crippen LogP contribution < -0.4 is 5.32 Å². The maximum Gasteiger partial charge on any atom is 0.257 e. The van der Waals surface area contributed by atoms with Crippen molar-refractivity contribution in [2.24, 2.45) is 0 Å². The molecule has 128 valence electrons. The highest BCUT2D eigenvalue weighted by Gasteiger charge is 2.12. The third-order valence-electron chi connectivity index (χ3n) is 3.67. The van der Waals surface area contributed by atoms with Gasteiger partial charge in [-0.05, 0) is 29.8 Å². The molecule has 0 radical (unpaired) electrons. The van der Waals surface area contributed by atoms with Crippen molar-refractivity contribution in [3.05, 3.63) is 78.5 Å². The van der Waals surface area contributed by atoms with Crippen LogP contribution in [0.3, 0.4) is 0 Å². The van der Waals surface area contributed by atoms with Gasteiger partial charge in [0.15, 0.2) is 5.01 Å². The van der Waals surface area contributed by atoms with Crippen LogP contribution in [0.25, 0.3) is 10.7 Å². The minimum Gasteiger partial charge on any atom is -0.333 e. The molecule has 0 fully saturated rings. The van der Waals surface area contributed by atoms with Crippen LogP contribution in [-0.4, -0.2) is 30.6 Å². The summed E-state index contributed by atoms with van der Waals surface area (Å²) in [7, 11) is 0. The van der Waals surface area contributed by atoms with E-state index >= 15 is 0 Å². The maximum absolute atomic E-state index is 12.4. The summed E-state index contributed by atoms with van der Waals surface area (Å²) in [6.45, 7) is 0.714. The summed E-state index contributed by atoms with van der Waals surface area (Å²) in [5.41, 5.74) is 2.39. The van der Waals surface area contributed by atoms with Gasteiger partial charge in [-0.25, -0.2) is 4.98 Å². The summed E-state index contributed by atoms with van der Waals surface area (Å²) >= 11 is 1.29. The van der Waals surface area contributed by atoms with Gasteiger partial charge in [-0.15, -0.1) is 10.2 Å². The van der Waals surface area contributed by atoms with Crippen molar-refractivity contribution < 1.29 is 4.79 Å². The van der Waals surface area contributed by atoms with E-state index in [1.54, 1.807) is 30.9 Å². The number of carbonyl (C=O) groups excluding carboxylic acids is 1. The van der Waals surface area contributed by atoms with Gasteiger partial charge in [0.2, 0.25) is 5.13 Å². The van der Waals surface area contributed by atoms with Gasteiger partial charge in [-0.2, -0.15) is 0 Å². The number of pyridine rings is 1. The normalized spacial score (nSPS) is 10.6. The highest BCUT2D eigenvalue weighted by atomic mass is 32.1. The average Bonchev–Trinajstić information content (AvgIpc) is 3.35. The molecule has 0 spiro atoms. The number of aromatic nitrogens is 5. The number of nitrogens with zero attached hydrogens (tertiary/aromatic N) is 5. The van der Waals surface area contributed by atoms with Crippen molar-refractivity contribution in [1.82, 2.24) is 24.7 Å². The number of nitrogens with one attached hydrogen (secondary N) is 1. The first kappa shape index (κ1) is 16.1. The molecule has 0 aliphatic heterocycles. The number of amides is 1. The Balaban J connectivity index is 1.42. The molecule has 3 aromatic heterocycles. The predicted octanol–water partition coefficient (Wildman–Crippen LogP) is 3.10. The van der Waals surface area contributed by atoms with E-state index < -0.39 is 0 Å². The molecule has 4 rings (SSSR count). The molecule has 0 bridgehead atoms. The van der Waals surface area contributed by atoms with Crippen molar-refractivity contribution in [3.8, 4) is 10.7 Å². The zero-order valence-electron chi connectivity index (χ0n) is 13.6. The van der Waals surface area contributed by atoms with Gasteiger partial charge in [0.05, 0.1) is 6.33 Å². The lowest BCUT2D eigenvalue weighted by atomic mass is 10.1. The quantitative estimate of drug-likeness (QED) is 0.590. The summed E-state index contributed by atoms with van der Waals surface area (Å²) in [6, 6.07) is 13.0. The Morgan fingerprint density at radius 1 is 1.08 bits per heavy atom. The molecule has 0 aliphatic rings. The molecule has 0 aliphatic carbocycles. The molecule has 0 saturated carbocycles. The van der Waals surface area contributed by atoms with Crippen LogP contribution in [0.4, 0.5) is 5.13 Å². The molecule has 0 saturated heterocycles.